The number of carbonyl (C=O) groups is 1. The number of amides is 1. The zero-order chi connectivity index (χ0) is 15.3. The van der Waals surface area contributed by atoms with Crippen molar-refractivity contribution in [2.45, 2.75) is 45.4 Å². The smallest absolute Gasteiger partial charge is 0.222 e. The van der Waals surface area contributed by atoms with Crippen molar-refractivity contribution >= 4 is 21.8 Å². The molecule has 0 aliphatic heterocycles. The molecule has 0 heterocycles. The second kappa shape index (κ2) is 7.76. The van der Waals surface area contributed by atoms with Crippen LogP contribution in [0.4, 0.5) is 0 Å². The van der Waals surface area contributed by atoms with Crippen LogP contribution in [0.5, 0.6) is 0 Å². The Labute approximate surface area is 128 Å². The molecule has 0 saturated carbocycles. The molecule has 0 aromatic heterocycles. The highest BCUT2D eigenvalue weighted by atomic mass is 79.9. The fraction of sp³-hybridized carbons (Fsp3) is 0.533. The van der Waals surface area contributed by atoms with Crippen LogP contribution in [0.15, 0.2) is 28.7 Å². The monoisotopic (exact) mass is 343 g/mol. The predicted octanol–water partition coefficient (Wildman–Crippen LogP) is 2.39. The van der Waals surface area contributed by atoms with Crippen molar-refractivity contribution in [2.75, 3.05) is 0 Å². The van der Waals surface area contributed by atoms with Crippen LogP contribution in [0.2, 0.25) is 0 Å². The molecule has 3 N–H and O–H groups in total. The molecule has 1 rings (SSSR count). The molecule has 0 fully saturated rings. The van der Waals surface area contributed by atoms with Crippen LogP contribution in [0.25, 0.3) is 0 Å². The van der Waals surface area contributed by atoms with E-state index in [2.05, 4.69) is 21.2 Å². The number of carbonyl (C=O) groups excluding carboxylic acids is 1. The van der Waals surface area contributed by atoms with Gasteiger partial charge in [0.05, 0.1) is 24.7 Å². The number of hydrogen-bond donors (Lipinski definition) is 3. The second-order valence-corrected chi connectivity index (χ2v) is 6.28. The van der Waals surface area contributed by atoms with E-state index in [9.17, 15) is 15.0 Å². The van der Waals surface area contributed by atoms with E-state index in [1.807, 2.05) is 26.0 Å². The van der Waals surface area contributed by atoms with Crippen LogP contribution in [-0.2, 0) is 4.79 Å². The zero-order valence-electron chi connectivity index (χ0n) is 12.0. The van der Waals surface area contributed by atoms with Gasteiger partial charge in [-0.15, -0.1) is 0 Å². The van der Waals surface area contributed by atoms with Crippen molar-refractivity contribution in [3.63, 3.8) is 0 Å². The molecular formula is C15H22BrNO3. The topological polar surface area (TPSA) is 69.6 Å². The molecule has 0 aliphatic carbocycles. The summed E-state index contributed by atoms with van der Waals surface area (Å²) in [6.07, 6.45) is -1.38. The Morgan fingerprint density at radius 2 is 1.75 bits per heavy atom. The van der Waals surface area contributed by atoms with Crippen molar-refractivity contribution in [1.29, 1.82) is 0 Å². The summed E-state index contributed by atoms with van der Waals surface area (Å²) in [4.78, 5) is 11.8. The highest BCUT2D eigenvalue weighted by Gasteiger charge is 2.20. The van der Waals surface area contributed by atoms with E-state index in [4.69, 9.17) is 0 Å². The van der Waals surface area contributed by atoms with Crippen LogP contribution >= 0.6 is 15.9 Å². The van der Waals surface area contributed by atoms with Gasteiger partial charge in [0, 0.05) is 4.47 Å². The van der Waals surface area contributed by atoms with Gasteiger partial charge in [0.15, 0.2) is 0 Å². The molecule has 112 valence electrons. The standard InChI is InChI=1S/C15H22BrNO3/c1-9(2)13(18)8-14(19)17-10(3)15(20)11-4-6-12(16)7-5-11/h4-7,9-10,13,15,18,20H,8H2,1-3H3,(H,17,19). The maximum Gasteiger partial charge on any atom is 0.222 e. The Morgan fingerprint density at radius 1 is 1.20 bits per heavy atom. The lowest BCUT2D eigenvalue weighted by Crippen LogP contribution is -2.39. The van der Waals surface area contributed by atoms with Gasteiger partial charge in [0.2, 0.25) is 5.91 Å². The fourth-order valence-electron chi connectivity index (χ4n) is 1.77. The molecule has 1 amide bonds. The van der Waals surface area contributed by atoms with Crippen molar-refractivity contribution in [3.8, 4) is 0 Å². The van der Waals surface area contributed by atoms with E-state index in [-0.39, 0.29) is 18.2 Å². The van der Waals surface area contributed by atoms with Gasteiger partial charge in [-0.05, 0) is 30.5 Å². The van der Waals surface area contributed by atoms with E-state index < -0.39 is 18.2 Å². The van der Waals surface area contributed by atoms with Crippen LogP contribution < -0.4 is 5.32 Å². The maximum absolute atomic E-state index is 11.8. The van der Waals surface area contributed by atoms with E-state index in [1.54, 1.807) is 19.1 Å². The molecule has 1 aromatic rings. The SMILES string of the molecule is CC(C)C(O)CC(=O)NC(C)C(O)c1ccc(Br)cc1. The number of nitrogens with one attached hydrogen (secondary N) is 1. The third-order valence-corrected chi connectivity index (χ3v) is 3.77. The summed E-state index contributed by atoms with van der Waals surface area (Å²) in [6.45, 7) is 5.46. The molecule has 0 aliphatic rings. The highest BCUT2D eigenvalue weighted by Crippen LogP contribution is 2.19. The van der Waals surface area contributed by atoms with Crippen LogP contribution in [0.1, 0.15) is 38.9 Å². The summed E-state index contributed by atoms with van der Waals surface area (Å²) in [5.41, 5.74) is 0.741. The number of benzene rings is 1. The summed E-state index contributed by atoms with van der Waals surface area (Å²) < 4.78 is 0.935. The molecule has 0 radical (unpaired) electrons. The van der Waals surface area contributed by atoms with Crippen LogP contribution in [0, 0.1) is 5.92 Å². The Morgan fingerprint density at radius 3 is 2.25 bits per heavy atom. The van der Waals surface area contributed by atoms with Gasteiger partial charge in [0.25, 0.3) is 0 Å². The Hall–Kier alpha value is -0.910. The Kier molecular flexibility index (Phi) is 6.65. The largest absolute Gasteiger partial charge is 0.392 e. The average molecular weight is 344 g/mol. The highest BCUT2D eigenvalue weighted by molar-refractivity contribution is 9.10. The summed E-state index contributed by atoms with van der Waals surface area (Å²) in [6, 6.07) is 6.88. The number of hydrogen-bond acceptors (Lipinski definition) is 3. The molecule has 4 nitrogen and oxygen atoms in total. The summed E-state index contributed by atoms with van der Waals surface area (Å²) in [5, 5.41) is 22.6. The molecular weight excluding hydrogens is 322 g/mol. The summed E-state index contributed by atoms with van der Waals surface area (Å²) in [5.74, 6) is -0.220. The van der Waals surface area contributed by atoms with Gasteiger partial charge in [-0.25, -0.2) is 0 Å². The second-order valence-electron chi connectivity index (χ2n) is 5.37. The fourth-order valence-corrected chi connectivity index (χ4v) is 2.03. The van der Waals surface area contributed by atoms with Gasteiger partial charge >= 0.3 is 0 Å². The van der Waals surface area contributed by atoms with Crippen molar-refractivity contribution in [2.24, 2.45) is 5.92 Å². The van der Waals surface area contributed by atoms with Gasteiger partial charge in [0.1, 0.15) is 0 Å². The molecule has 5 heteroatoms. The average Bonchev–Trinajstić information content (AvgIpc) is 2.38. The molecule has 3 atom stereocenters. The number of halogens is 1. The quantitative estimate of drug-likeness (QED) is 0.742. The lowest BCUT2D eigenvalue weighted by molar-refractivity contribution is -0.125. The normalized spacial score (nSPS) is 15.8. The minimum Gasteiger partial charge on any atom is -0.392 e. The van der Waals surface area contributed by atoms with Crippen molar-refractivity contribution < 1.29 is 15.0 Å². The predicted molar refractivity (Wildman–Crippen MR) is 82.2 cm³/mol. The van der Waals surface area contributed by atoms with Crippen LogP contribution in [-0.4, -0.2) is 28.3 Å². The zero-order valence-corrected chi connectivity index (χ0v) is 13.6. The van der Waals surface area contributed by atoms with Gasteiger partial charge in [-0.2, -0.15) is 0 Å². The van der Waals surface area contributed by atoms with Crippen molar-refractivity contribution in [1.82, 2.24) is 5.32 Å². The minimum absolute atomic E-state index is 0.0347. The van der Waals surface area contributed by atoms with E-state index >= 15 is 0 Å². The first-order chi connectivity index (χ1) is 9.31. The van der Waals surface area contributed by atoms with Gasteiger partial charge in [-0.1, -0.05) is 41.9 Å². The first-order valence-corrected chi connectivity index (χ1v) is 7.51. The van der Waals surface area contributed by atoms with E-state index in [1.165, 1.54) is 0 Å². The molecule has 0 saturated heterocycles. The molecule has 0 bridgehead atoms. The number of aliphatic hydroxyl groups excluding tert-OH is 2. The minimum atomic E-state index is -0.775. The third-order valence-electron chi connectivity index (χ3n) is 3.24. The van der Waals surface area contributed by atoms with E-state index in [0.29, 0.717) is 0 Å². The summed E-state index contributed by atoms with van der Waals surface area (Å²) in [7, 11) is 0. The third kappa shape index (κ3) is 5.23. The first-order valence-electron chi connectivity index (χ1n) is 6.72. The Balaban J connectivity index is 2.55. The molecule has 3 unspecified atom stereocenters. The number of aliphatic hydroxyl groups is 2. The first kappa shape index (κ1) is 17.1. The molecule has 1 aromatic carbocycles. The Bertz CT molecular complexity index is 433. The van der Waals surface area contributed by atoms with Gasteiger partial charge < -0.3 is 15.5 Å². The summed E-state index contributed by atoms with van der Waals surface area (Å²) >= 11 is 3.33. The molecule has 0 spiro atoms. The van der Waals surface area contributed by atoms with Crippen LogP contribution in [0.3, 0.4) is 0 Å². The number of rotatable bonds is 6. The molecule has 20 heavy (non-hydrogen) atoms. The lowest BCUT2D eigenvalue weighted by Gasteiger charge is -2.22. The van der Waals surface area contributed by atoms with Gasteiger partial charge in [-0.3, -0.25) is 4.79 Å². The van der Waals surface area contributed by atoms with Crippen molar-refractivity contribution in [3.05, 3.63) is 34.3 Å². The maximum atomic E-state index is 11.8. The van der Waals surface area contributed by atoms with E-state index in [0.717, 1.165) is 10.0 Å². The lowest BCUT2D eigenvalue weighted by atomic mass is 10.0.